The molecule has 0 amide bonds. The van der Waals surface area contributed by atoms with Gasteiger partial charge in [-0.15, -0.1) is 0 Å². The number of aromatic nitrogens is 1. The summed E-state index contributed by atoms with van der Waals surface area (Å²) in [4.78, 5) is 6.59. The van der Waals surface area contributed by atoms with E-state index in [-0.39, 0.29) is 4.90 Å². The molecule has 124 valence electrons. The molecule has 0 atom stereocenters. The largest absolute Gasteiger partial charge is 0.436 e. The molecule has 0 radical (unpaired) electrons. The first-order valence-corrected chi connectivity index (χ1v) is 9.28. The quantitative estimate of drug-likeness (QED) is 0.726. The summed E-state index contributed by atoms with van der Waals surface area (Å²) in [5.74, 6) is 1.13. The molecule has 1 heterocycles. The summed E-state index contributed by atoms with van der Waals surface area (Å²) in [6.45, 7) is 0. The summed E-state index contributed by atoms with van der Waals surface area (Å²) in [7, 11) is 0.770. The minimum atomic E-state index is -3.21. The summed E-state index contributed by atoms with van der Waals surface area (Å²) in [5.41, 5.74) is 2.78. The van der Waals surface area contributed by atoms with E-state index in [1.54, 1.807) is 30.5 Å². The predicted octanol–water partition coefficient (Wildman–Crippen LogP) is 3.48. The molecule has 0 unspecified atom stereocenters. The fraction of sp³-hybridized carbons (Fsp3) is 0.167. The monoisotopic (exact) mass is 342 g/mol. The van der Waals surface area contributed by atoms with Crippen molar-refractivity contribution in [3.63, 3.8) is 0 Å². The maximum Gasteiger partial charge on any atom is 0.226 e. The van der Waals surface area contributed by atoms with Crippen molar-refractivity contribution < 1.29 is 12.8 Å². The van der Waals surface area contributed by atoms with Gasteiger partial charge in [-0.05, 0) is 48.5 Å². The third kappa shape index (κ3) is 3.33. The number of oxazole rings is 1. The van der Waals surface area contributed by atoms with Crippen LogP contribution in [0.3, 0.4) is 0 Å². The van der Waals surface area contributed by atoms with Gasteiger partial charge < -0.3 is 9.32 Å². The Morgan fingerprint density at radius 3 is 2.04 bits per heavy atom. The summed E-state index contributed by atoms with van der Waals surface area (Å²) in [6.07, 6.45) is 2.85. The van der Waals surface area contributed by atoms with Crippen molar-refractivity contribution in [3.05, 3.63) is 54.7 Å². The maximum absolute atomic E-state index is 11.5. The minimum absolute atomic E-state index is 0.275. The van der Waals surface area contributed by atoms with Crippen LogP contribution in [-0.2, 0) is 9.84 Å². The van der Waals surface area contributed by atoms with E-state index in [1.807, 2.05) is 43.3 Å². The zero-order chi connectivity index (χ0) is 17.3. The second-order valence-corrected chi connectivity index (χ2v) is 7.78. The Morgan fingerprint density at radius 2 is 1.50 bits per heavy atom. The van der Waals surface area contributed by atoms with Gasteiger partial charge in [-0.25, -0.2) is 13.4 Å². The summed E-state index contributed by atoms with van der Waals surface area (Å²) in [6, 6.07) is 14.5. The van der Waals surface area contributed by atoms with E-state index in [1.165, 1.54) is 6.26 Å². The molecule has 0 saturated carbocycles. The minimum Gasteiger partial charge on any atom is -0.436 e. The zero-order valence-corrected chi connectivity index (χ0v) is 14.5. The van der Waals surface area contributed by atoms with Crippen LogP contribution in [0.25, 0.3) is 22.8 Å². The molecule has 0 N–H and O–H groups in total. The van der Waals surface area contributed by atoms with Crippen molar-refractivity contribution in [1.29, 1.82) is 0 Å². The summed E-state index contributed by atoms with van der Waals surface area (Å²) in [5, 5.41) is 0. The highest BCUT2D eigenvalue weighted by Crippen LogP contribution is 2.27. The molecular formula is C18H18N2O3S. The lowest BCUT2D eigenvalue weighted by atomic mass is 10.1. The van der Waals surface area contributed by atoms with E-state index in [9.17, 15) is 8.42 Å². The van der Waals surface area contributed by atoms with E-state index >= 15 is 0 Å². The number of nitrogens with zero attached hydrogens (tertiary/aromatic N) is 2. The van der Waals surface area contributed by atoms with Crippen LogP contribution in [0.2, 0.25) is 0 Å². The van der Waals surface area contributed by atoms with Crippen molar-refractivity contribution in [2.75, 3.05) is 25.3 Å². The molecule has 0 fully saturated rings. The normalized spacial score (nSPS) is 11.5. The van der Waals surface area contributed by atoms with E-state index in [0.29, 0.717) is 11.7 Å². The summed E-state index contributed by atoms with van der Waals surface area (Å²) < 4.78 is 28.8. The third-order valence-corrected chi connectivity index (χ3v) is 4.83. The van der Waals surface area contributed by atoms with Crippen LogP contribution in [0.4, 0.5) is 5.69 Å². The van der Waals surface area contributed by atoms with Gasteiger partial charge in [0.15, 0.2) is 15.6 Å². The Bertz CT molecular complexity index is 941. The average Bonchev–Trinajstić information content (AvgIpc) is 3.04. The highest BCUT2D eigenvalue weighted by atomic mass is 32.2. The van der Waals surface area contributed by atoms with Gasteiger partial charge in [-0.1, -0.05) is 0 Å². The van der Waals surface area contributed by atoms with Gasteiger partial charge in [0.05, 0.1) is 11.1 Å². The molecule has 0 bridgehead atoms. The number of hydrogen-bond donors (Lipinski definition) is 0. The Hall–Kier alpha value is -2.60. The van der Waals surface area contributed by atoms with Crippen LogP contribution in [0.15, 0.2) is 64.0 Å². The summed E-state index contributed by atoms with van der Waals surface area (Å²) >= 11 is 0. The Kier molecular flexibility index (Phi) is 4.15. The van der Waals surface area contributed by atoms with Crippen LogP contribution in [0.5, 0.6) is 0 Å². The van der Waals surface area contributed by atoms with Gasteiger partial charge in [0.1, 0.15) is 0 Å². The topological polar surface area (TPSA) is 63.4 Å². The lowest BCUT2D eigenvalue weighted by Crippen LogP contribution is -2.07. The van der Waals surface area contributed by atoms with E-state index in [0.717, 1.165) is 16.8 Å². The molecule has 0 saturated heterocycles. The number of rotatable bonds is 4. The highest BCUT2D eigenvalue weighted by Gasteiger charge is 2.11. The molecule has 0 aliphatic rings. The van der Waals surface area contributed by atoms with Crippen molar-refractivity contribution in [2.45, 2.75) is 4.90 Å². The lowest BCUT2D eigenvalue weighted by Gasteiger charge is -2.11. The Balaban J connectivity index is 1.87. The van der Waals surface area contributed by atoms with Crippen molar-refractivity contribution in [2.24, 2.45) is 0 Å². The predicted molar refractivity (Wildman–Crippen MR) is 94.8 cm³/mol. The van der Waals surface area contributed by atoms with Crippen molar-refractivity contribution in [1.82, 2.24) is 4.98 Å². The number of hydrogen-bond acceptors (Lipinski definition) is 5. The smallest absolute Gasteiger partial charge is 0.226 e. The van der Waals surface area contributed by atoms with Crippen LogP contribution >= 0.6 is 0 Å². The Labute approximate surface area is 141 Å². The second-order valence-electron chi connectivity index (χ2n) is 5.77. The Morgan fingerprint density at radius 1 is 0.917 bits per heavy atom. The fourth-order valence-electron chi connectivity index (χ4n) is 2.31. The fourth-order valence-corrected chi connectivity index (χ4v) is 2.94. The van der Waals surface area contributed by atoms with Gasteiger partial charge in [0.25, 0.3) is 0 Å². The first kappa shape index (κ1) is 16.3. The van der Waals surface area contributed by atoms with Crippen molar-refractivity contribution in [3.8, 4) is 22.8 Å². The third-order valence-electron chi connectivity index (χ3n) is 3.70. The van der Waals surface area contributed by atoms with Crippen molar-refractivity contribution >= 4 is 15.5 Å². The van der Waals surface area contributed by atoms with Gasteiger partial charge in [0.2, 0.25) is 5.89 Å². The number of benzene rings is 2. The second kappa shape index (κ2) is 6.13. The molecule has 0 spiro atoms. The van der Waals surface area contributed by atoms with Gasteiger partial charge >= 0.3 is 0 Å². The molecule has 1 aromatic heterocycles. The van der Waals surface area contributed by atoms with Gasteiger partial charge in [-0.2, -0.15) is 0 Å². The molecule has 3 rings (SSSR count). The molecule has 5 nitrogen and oxygen atoms in total. The number of sulfone groups is 1. The first-order chi connectivity index (χ1) is 11.3. The molecular weight excluding hydrogens is 324 g/mol. The molecule has 0 aliphatic heterocycles. The van der Waals surface area contributed by atoms with Crippen LogP contribution in [-0.4, -0.2) is 33.8 Å². The van der Waals surface area contributed by atoms with Gasteiger partial charge in [-0.3, -0.25) is 0 Å². The zero-order valence-electron chi connectivity index (χ0n) is 13.7. The van der Waals surface area contributed by atoms with E-state index < -0.39 is 9.84 Å². The standard InChI is InChI=1S/C18H18N2O3S/c1-20(2)15-8-4-13(5-9-15)17-12-19-18(23-17)14-6-10-16(11-7-14)24(3,21)22/h4-12H,1-3H3. The van der Waals surface area contributed by atoms with E-state index in [2.05, 4.69) is 4.98 Å². The molecule has 3 aromatic rings. The van der Waals surface area contributed by atoms with Crippen LogP contribution in [0, 0.1) is 0 Å². The number of anilines is 1. The highest BCUT2D eigenvalue weighted by molar-refractivity contribution is 7.90. The SMILES string of the molecule is CN(C)c1ccc(-c2cnc(-c3ccc(S(C)(=O)=O)cc3)o2)cc1. The van der Waals surface area contributed by atoms with Crippen LogP contribution in [0.1, 0.15) is 0 Å². The van der Waals surface area contributed by atoms with Crippen LogP contribution < -0.4 is 4.90 Å². The van der Waals surface area contributed by atoms with E-state index in [4.69, 9.17) is 4.42 Å². The molecule has 24 heavy (non-hydrogen) atoms. The molecule has 2 aromatic carbocycles. The lowest BCUT2D eigenvalue weighted by molar-refractivity contribution is 0.588. The maximum atomic E-state index is 11.5. The first-order valence-electron chi connectivity index (χ1n) is 7.39. The molecule has 0 aliphatic carbocycles. The molecule has 6 heteroatoms. The van der Waals surface area contributed by atoms with Gasteiger partial charge in [0, 0.05) is 37.2 Å². The average molecular weight is 342 g/mol.